The highest BCUT2D eigenvalue weighted by molar-refractivity contribution is 6.32. The minimum Gasteiger partial charge on any atom is -0.495 e. The Kier molecular flexibility index (Phi) is 3.53. The Morgan fingerprint density at radius 2 is 1.83 bits per heavy atom. The Hall–Kier alpha value is -2.00. The van der Waals surface area contributed by atoms with Crippen molar-refractivity contribution in [2.24, 2.45) is 0 Å². The van der Waals surface area contributed by atoms with E-state index < -0.39 is 5.97 Å². The highest BCUT2D eigenvalue weighted by atomic mass is 35.5. The van der Waals surface area contributed by atoms with Crippen molar-refractivity contribution in [2.45, 2.75) is 0 Å². The first-order valence-corrected chi connectivity index (χ1v) is 5.67. The summed E-state index contributed by atoms with van der Waals surface area (Å²) in [5.74, 6) is -0.359. The molecule has 2 aromatic rings. The molecule has 18 heavy (non-hydrogen) atoms. The molecule has 1 N–H and O–H groups in total. The third-order valence-corrected chi connectivity index (χ3v) is 2.91. The fraction of sp³-hybridized carbons (Fsp3) is 0.0714. The Morgan fingerprint density at radius 3 is 2.39 bits per heavy atom. The molecule has 0 amide bonds. The number of carboxylic acid groups (broad SMARTS) is 1. The van der Waals surface area contributed by atoms with Gasteiger partial charge in [-0.05, 0) is 23.8 Å². The van der Waals surface area contributed by atoms with Crippen LogP contribution < -0.4 is 4.74 Å². The number of carbonyl (C=O) groups is 1. The highest BCUT2D eigenvalue weighted by Crippen LogP contribution is 2.35. The average molecular weight is 263 g/mol. The molecule has 0 heterocycles. The number of hydrogen-bond donors (Lipinski definition) is 1. The Labute approximate surface area is 110 Å². The van der Waals surface area contributed by atoms with Crippen LogP contribution in [0.15, 0.2) is 42.5 Å². The molecule has 0 saturated heterocycles. The van der Waals surface area contributed by atoms with Crippen molar-refractivity contribution in [1.29, 1.82) is 0 Å². The summed E-state index contributed by atoms with van der Waals surface area (Å²) in [6.07, 6.45) is 0. The van der Waals surface area contributed by atoms with Crippen molar-refractivity contribution in [3.63, 3.8) is 0 Å². The van der Waals surface area contributed by atoms with E-state index in [1.165, 1.54) is 0 Å². The lowest BCUT2D eigenvalue weighted by Crippen LogP contribution is -1.95. The molecule has 0 spiro atoms. The second kappa shape index (κ2) is 5.10. The van der Waals surface area contributed by atoms with Gasteiger partial charge < -0.3 is 9.84 Å². The number of para-hydroxylation sites is 1. The standard InChI is InChI=1S/C14H11ClO3/c1-18-13-11(3-2-4-12(13)15)9-5-7-10(8-6-9)14(16)17/h2-8H,1H3,(H,16,17). The molecule has 4 heteroatoms. The lowest BCUT2D eigenvalue weighted by molar-refractivity contribution is 0.0697. The summed E-state index contributed by atoms with van der Waals surface area (Å²) < 4.78 is 5.26. The molecule has 0 fully saturated rings. The predicted octanol–water partition coefficient (Wildman–Crippen LogP) is 3.71. The van der Waals surface area contributed by atoms with Gasteiger partial charge in [0.1, 0.15) is 5.75 Å². The number of ether oxygens (including phenoxy) is 1. The van der Waals surface area contributed by atoms with Crippen LogP contribution in [0.3, 0.4) is 0 Å². The number of hydrogen-bond acceptors (Lipinski definition) is 2. The maximum atomic E-state index is 10.8. The SMILES string of the molecule is COc1c(Cl)cccc1-c1ccc(C(=O)O)cc1. The van der Waals surface area contributed by atoms with Gasteiger partial charge >= 0.3 is 5.97 Å². The maximum Gasteiger partial charge on any atom is 0.335 e. The van der Waals surface area contributed by atoms with Gasteiger partial charge in [-0.25, -0.2) is 4.79 Å². The van der Waals surface area contributed by atoms with Crippen LogP contribution in [0, 0.1) is 0 Å². The smallest absolute Gasteiger partial charge is 0.335 e. The van der Waals surface area contributed by atoms with Crippen LogP contribution in [0.25, 0.3) is 11.1 Å². The summed E-state index contributed by atoms with van der Waals surface area (Å²) in [7, 11) is 1.55. The fourth-order valence-electron chi connectivity index (χ4n) is 1.74. The van der Waals surface area contributed by atoms with Crippen molar-refractivity contribution in [3.8, 4) is 16.9 Å². The van der Waals surface area contributed by atoms with Crippen LogP contribution in [-0.2, 0) is 0 Å². The molecule has 0 bridgehead atoms. The fourth-order valence-corrected chi connectivity index (χ4v) is 1.99. The largest absolute Gasteiger partial charge is 0.495 e. The topological polar surface area (TPSA) is 46.5 Å². The number of methoxy groups -OCH3 is 1. The van der Waals surface area contributed by atoms with E-state index in [0.29, 0.717) is 10.8 Å². The zero-order chi connectivity index (χ0) is 13.1. The molecule has 0 radical (unpaired) electrons. The third-order valence-electron chi connectivity index (χ3n) is 2.61. The Bertz CT molecular complexity index is 576. The van der Waals surface area contributed by atoms with Crippen molar-refractivity contribution in [3.05, 3.63) is 53.1 Å². The highest BCUT2D eigenvalue weighted by Gasteiger charge is 2.10. The Balaban J connectivity index is 2.49. The van der Waals surface area contributed by atoms with Crippen LogP contribution in [0.1, 0.15) is 10.4 Å². The van der Waals surface area contributed by atoms with E-state index in [9.17, 15) is 4.79 Å². The van der Waals surface area contributed by atoms with Crippen molar-refractivity contribution >= 4 is 17.6 Å². The van der Waals surface area contributed by atoms with Gasteiger partial charge in [0, 0.05) is 5.56 Å². The number of halogens is 1. The quantitative estimate of drug-likeness (QED) is 0.917. The number of carboxylic acids is 1. The van der Waals surface area contributed by atoms with Crippen molar-refractivity contribution in [2.75, 3.05) is 7.11 Å². The van der Waals surface area contributed by atoms with Gasteiger partial charge in [-0.3, -0.25) is 0 Å². The molecule has 0 aliphatic rings. The van der Waals surface area contributed by atoms with Gasteiger partial charge in [-0.1, -0.05) is 35.9 Å². The second-order valence-electron chi connectivity index (χ2n) is 3.70. The van der Waals surface area contributed by atoms with E-state index in [-0.39, 0.29) is 5.56 Å². The molecule has 0 unspecified atom stereocenters. The molecule has 2 rings (SSSR count). The summed E-state index contributed by atoms with van der Waals surface area (Å²) >= 11 is 6.04. The summed E-state index contributed by atoms with van der Waals surface area (Å²) in [6, 6.07) is 12.0. The molecule has 3 nitrogen and oxygen atoms in total. The normalized spacial score (nSPS) is 10.1. The molecular formula is C14H11ClO3. The summed E-state index contributed by atoms with van der Waals surface area (Å²) in [6.45, 7) is 0. The number of rotatable bonds is 3. The van der Waals surface area contributed by atoms with E-state index in [0.717, 1.165) is 11.1 Å². The second-order valence-corrected chi connectivity index (χ2v) is 4.11. The molecule has 0 aliphatic heterocycles. The number of aromatic carboxylic acids is 1. The molecule has 0 aliphatic carbocycles. The first kappa shape index (κ1) is 12.5. The maximum absolute atomic E-state index is 10.8. The van der Waals surface area contributed by atoms with Gasteiger partial charge in [-0.2, -0.15) is 0 Å². The first-order chi connectivity index (χ1) is 8.63. The zero-order valence-electron chi connectivity index (χ0n) is 9.68. The van der Waals surface area contributed by atoms with E-state index in [1.54, 1.807) is 37.4 Å². The van der Waals surface area contributed by atoms with Crippen LogP contribution >= 0.6 is 11.6 Å². The number of benzene rings is 2. The van der Waals surface area contributed by atoms with E-state index in [2.05, 4.69) is 0 Å². The monoisotopic (exact) mass is 262 g/mol. The van der Waals surface area contributed by atoms with Gasteiger partial charge in [0.15, 0.2) is 0 Å². The van der Waals surface area contributed by atoms with Crippen LogP contribution in [0.5, 0.6) is 5.75 Å². The van der Waals surface area contributed by atoms with Gasteiger partial charge in [-0.15, -0.1) is 0 Å². The minimum absolute atomic E-state index is 0.250. The molecule has 92 valence electrons. The van der Waals surface area contributed by atoms with E-state index >= 15 is 0 Å². The van der Waals surface area contributed by atoms with Crippen LogP contribution in [-0.4, -0.2) is 18.2 Å². The molecule has 2 aromatic carbocycles. The molecule has 0 saturated carbocycles. The summed E-state index contributed by atoms with van der Waals surface area (Å²) in [4.78, 5) is 10.8. The lowest BCUT2D eigenvalue weighted by Gasteiger charge is -2.10. The van der Waals surface area contributed by atoms with E-state index in [4.69, 9.17) is 21.4 Å². The van der Waals surface area contributed by atoms with E-state index in [1.807, 2.05) is 12.1 Å². The van der Waals surface area contributed by atoms with Crippen LogP contribution in [0.2, 0.25) is 5.02 Å². The van der Waals surface area contributed by atoms with Gasteiger partial charge in [0.05, 0.1) is 17.7 Å². The minimum atomic E-state index is -0.945. The average Bonchev–Trinajstić information content (AvgIpc) is 2.38. The van der Waals surface area contributed by atoms with Crippen LogP contribution in [0.4, 0.5) is 0 Å². The molecular weight excluding hydrogens is 252 g/mol. The lowest BCUT2D eigenvalue weighted by atomic mass is 10.0. The predicted molar refractivity (Wildman–Crippen MR) is 70.4 cm³/mol. The van der Waals surface area contributed by atoms with Gasteiger partial charge in [0.25, 0.3) is 0 Å². The molecule has 0 atom stereocenters. The first-order valence-electron chi connectivity index (χ1n) is 5.29. The zero-order valence-corrected chi connectivity index (χ0v) is 10.4. The van der Waals surface area contributed by atoms with Gasteiger partial charge in [0.2, 0.25) is 0 Å². The Morgan fingerprint density at radius 1 is 1.17 bits per heavy atom. The molecule has 0 aromatic heterocycles. The summed E-state index contributed by atoms with van der Waals surface area (Å²) in [5.41, 5.74) is 1.95. The van der Waals surface area contributed by atoms with Crippen molar-refractivity contribution < 1.29 is 14.6 Å². The third kappa shape index (κ3) is 2.31. The van der Waals surface area contributed by atoms with Crippen molar-refractivity contribution in [1.82, 2.24) is 0 Å². The summed E-state index contributed by atoms with van der Waals surface area (Å²) in [5, 5.41) is 9.37.